The summed E-state index contributed by atoms with van der Waals surface area (Å²) in [6, 6.07) is 18.9. The molecule has 0 aliphatic carbocycles. The van der Waals surface area contributed by atoms with Crippen molar-refractivity contribution in [2.24, 2.45) is 4.99 Å². The number of carbonyl (C=O) groups excluding carboxylic acids is 1. The summed E-state index contributed by atoms with van der Waals surface area (Å²) < 4.78 is 0. The summed E-state index contributed by atoms with van der Waals surface area (Å²) >= 11 is 0. The molecule has 31 heavy (non-hydrogen) atoms. The van der Waals surface area contributed by atoms with E-state index in [0.717, 1.165) is 56.2 Å². The third-order valence-electron chi connectivity index (χ3n) is 5.19. The number of carbonyl (C=O) groups is 1. The van der Waals surface area contributed by atoms with Crippen molar-refractivity contribution in [1.29, 1.82) is 0 Å². The Morgan fingerprint density at radius 1 is 1.06 bits per heavy atom. The maximum Gasteiger partial charge on any atom is 0.221 e. The van der Waals surface area contributed by atoms with Crippen LogP contribution in [0.2, 0.25) is 0 Å². The summed E-state index contributed by atoms with van der Waals surface area (Å²) in [5, 5.41) is 9.78. The first-order valence-corrected chi connectivity index (χ1v) is 10.8. The molecule has 1 aliphatic rings. The Labute approximate surface area is 202 Å². The molecule has 0 unspecified atom stereocenters. The van der Waals surface area contributed by atoms with Crippen LogP contribution in [0.3, 0.4) is 0 Å². The molecule has 1 heterocycles. The molecule has 2 aromatic carbocycles. The summed E-state index contributed by atoms with van der Waals surface area (Å²) in [5.41, 5.74) is 3.25. The second-order valence-electron chi connectivity index (χ2n) is 7.76. The molecule has 0 aromatic heterocycles. The van der Waals surface area contributed by atoms with Crippen LogP contribution in [0.4, 0.5) is 5.69 Å². The Hall–Kier alpha value is -2.13. The molecule has 0 radical (unpaired) electrons. The second-order valence-corrected chi connectivity index (χ2v) is 7.76. The van der Waals surface area contributed by atoms with Crippen LogP contribution in [-0.2, 0) is 17.9 Å². The van der Waals surface area contributed by atoms with Gasteiger partial charge in [0.05, 0.1) is 6.54 Å². The molecule has 0 atom stereocenters. The molecule has 0 bridgehead atoms. The zero-order valence-corrected chi connectivity index (χ0v) is 20.8. The standard InChI is InChI=1S/C24H33N5O.HI/c1-3-25-24(26-17-21-10-7-11-23(16-21)27-19(2)30)28-22-12-14-29(15-13-22)18-20-8-5-4-6-9-20;/h4-11,16,22H,3,12-15,17-18H2,1-2H3,(H,27,30)(H2,25,26,28);1H. The predicted molar refractivity (Wildman–Crippen MR) is 139 cm³/mol. The van der Waals surface area contributed by atoms with Gasteiger partial charge in [0.1, 0.15) is 0 Å². The summed E-state index contributed by atoms with van der Waals surface area (Å²) in [4.78, 5) is 18.5. The van der Waals surface area contributed by atoms with Crippen molar-refractivity contribution in [2.75, 3.05) is 25.0 Å². The average molecular weight is 535 g/mol. The van der Waals surface area contributed by atoms with Gasteiger partial charge in [0.15, 0.2) is 5.96 Å². The number of rotatable bonds is 7. The Balaban J connectivity index is 0.00000341. The van der Waals surface area contributed by atoms with Crippen molar-refractivity contribution in [2.45, 2.75) is 45.8 Å². The number of likely N-dealkylation sites (tertiary alicyclic amines) is 1. The van der Waals surface area contributed by atoms with Crippen molar-refractivity contribution in [3.63, 3.8) is 0 Å². The Morgan fingerprint density at radius 2 is 1.77 bits per heavy atom. The monoisotopic (exact) mass is 535 g/mol. The minimum Gasteiger partial charge on any atom is -0.357 e. The van der Waals surface area contributed by atoms with E-state index in [4.69, 9.17) is 4.99 Å². The lowest BCUT2D eigenvalue weighted by molar-refractivity contribution is -0.114. The molecule has 1 aliphatic heterocycles. The predicted octanol–water partition coefficient (Wildman–Crippen LogP) is 3.98. The molecular formula is C24H34IN5O. The van der Waals surface area contributed by atoms with E-state index in [0.29, 0.717) is 12.6 Å². The van der Waals surface area contributed by atoms with Gasteiger partial charge in [0.25, 0.3) is 0 Å². The molecule has 6 nitrogen and oxygen atoms in total. The zero-order valence-electron chi connectivity index (χ0n) is 18.4. The van der Waals surface area contributed by atoms with E-state index in [-0.39, 0.29) is 29.9 Å². The van der Waals surface area contributed by atoms with Gasteiger partial charge in [-0.05, 0) is 43.0 Å². The van der Waals surface area contributed by atoms with Crippen molar-refractivity contribution in [3.05, 3.63) is 65.7 Å². The van der Waals surface area contributed by atoms with Crippen molar-refractivity contribution in [1.82, 2.24) is 15.5 Å². The summed E-state index contributed by atoms with van der Waals surface area (Å²) in [6.07, 6.45) is 2.21. The van der Waals surface area contributed by atoms with Crippen LogP contribution in [0.1, 0.15) is 37.8 Å². The second kappa shape index (κ2) is 13.3. The van der Waals surface area contributed by atoms with Crippen LogP contribution >= 0.6 is 24.0 Å². The lowest BCUT2D eigenvalue weighted by Gasteiger charge is -2.33. The van der Waals surface area contributed by atoms with Crippen LogP contribution in [0.15, 0.2) is 59.6 Å². The van der Waals surface area contributed by atoms with E-state index < -0.39 is 0 Å². The van der Waals surface area contributed by atoms with Gasteiger partial charge in [-0.15, -0.1) is 24.0 Å². The zero-order chi connectivity index (χ0) is 21.2. The van der Waals surface area contributed by atoms with E-state index >= 15 is 0 Å². The molecule has 1 saturated heterocycles. The van der Waals surface area contributed by atoms with Gasteiger partial charge >= 0.3 is 0 Å². The highest BCUT2D eigenvalue weighted by atomic mass is 127. The minimum atomic E-state index is -0.0655. The first-order valence-electron chi connectivity index (χ1n) is 10.8. The van der Waals surface area contributed by atoms with Gasteiger partial charge < -0.3 is 16.0 Å². The van der Waals surface area contributed by atoms with Gasteiger partial charge in [0.2, 0.25) is 5.91 Å². The maximum absolute atomic E-state index is 11.3. The Morgan fingerprint density at radius 3 is 2.45 bits per heavy atom. The summed E-state index contributed by atoms with van der Waals surface area (Å²) in [6.45, 7) is 8.18. The van der Waals surface area contributed by atoms with Gasteiger partial charge in [-0.25, -0.2) is 4.99 Å². The number of amides is 1. The van der Waals surface area contributed by atoms with E-state index in [2.05, 4.69) is 58.1 Å². The smallest absolute Gasteiger partial charge is 0.221 e. The highest BCUT2D eigenvalue weighted by molar-refractivity contribution is 14.0. The van der Waals surface area contributed by atoms with E-state index in [1.54, 1.807) is 0 Å². The number of halogens is 1. The molecule has 168 valence electrons. The molecule has 3 N–H and O–H groups in total. The third kappa shape index (κ3) is 8.86. The molecule has 2 aromatic rings. The highest BCUT2D eigenvalue weighted by Crippen LogP contribution is 2.14. The number of nitrogens with one attached hydrogen (secondary N) is 3. The normalized spacial score (nSPS) is 15.1. The van der Waals surface area contributed by atoms with Crippen LogP contribution in [0, 0.1) is 0 Å². The fraction of sp³-hybridized carbons (Fsp3) is 0.417. The number of aliphatic imine (C=N–C) groups is 1. The minimum absolute atomic E-state index is 0. The van der Waals surface area contributed by atoms with Crippen LogP contribution in [0.5, 0.6) is 0 Å². The Bertz CT molecular complexity index is 835. The van der Waals surface area contributed by atoms with Crippen LogP contribution < -0.4 is 16.0 Å². The van der Waals surface area contributed by atoms with E-state index in [9.17, 15) is 4.79 Å². The molecule has 3 rings (SSSR count). The topological polar surface area (TPSA) is 68.8 Å². The van der Waals surface area contributed by atoms with Crippen molar-refractivity contribution < 1.29 is 4.79 Å². The SMILES string of the molecule is CCNC(=NCc1cccc(NC(C)=O)c1)NC1CCN(Cc2ccccc2)CC1.I. The van der Waals surface area contributed by atoms with Crippen molar-refractivity contribution in [3.8, 4) is 0 Å². The molecule has 7 heteroatoms. The van der Waals surface area contributed by atoms with E-state index in [1.807, 2.05) is 24.3 Å². The van der Waals surface area contributed by atoms with Crippen molar-refractivity contribution >= 4 is 41.5 Å². The number of benzene rings is 2. The average Bonchev–Trinajstić information content (AvgIpc) is 2.74. The van der Waals surface area contributed by atoms with E-state index in [1.165, 1.54) is 12.5 Å². The maximum atomic E-state index is 11.3. The number of guanidine groups is 1. The number of hydrogen-bond donors (Lipinski definition) is 3. The summed E-state index contributed by atoms with van der Waals surface area (Å²) in [5.74, 6) is 0.785. The van der Waals surface area contributed by atoms with Crippen LogP contribution in [0.25, 0.3) is 0 Å². The first-order chi connectivity index (χ1) is 14.6. The van der Waals surface area contributed by atoms with Gasteiger partial charge in [-0.1, -0.05) is 42.5 Å². The number of nitrogens with zero attached hydrogens (tertiary/aromatic N) is 2. The van der Waals surface area contributed by atoms with Gasteiger partial charge in [0, 0.05) is 44.8 Å². The quantitative estimate of drug-likeness (QED) is 0.285. The summed E-state index contributed by atoms with van der Waals surface area (Å²) in [7, 11) is 0. The highest BCUT2D eigenvalue weighted by Gasteiger charge is 2.20. The van der Waals surface area contributed by atoms with Crippen LogP contribution in [-0.4, -0.2) is 42.4 Å². The molecule has 1 fully saturated rings. The number of hydrogen-bond acceptors (Lipinski definition) is 3. The third-order valence-corrected chi connectivity index (χ3v) is 5.19. The lowest BCUT2D eigenvalue weighted by atomic mass is 10.0. The fourth-order valence-corrected chi connectivity index (χ4v) is 3.71. The molecule has 0 saturated carbocycles. The lowest BCUT2D eigenvalue weighted by Crippen LogP contribution is -2.48. The van der Waals surface area contributed by atoms with Gasteiger partial charge in [-0.2, -0.15) is 0 Å². The largest absolute Gasteiger partial charge is 0.357 e. The fourth-order valence-electron chi connectivity index (χ4n) is 3.71. The molecule has 1 amide bonds. The Kier molecular flexibility index (Phi) is 10.8. The van der Waals surface area contributed by atoms with Gasteiger partial charge in [-0.3, -0.25) is 9.69 Å². The first kappa shape index (κ1) is 25.1. The molecule has 0 spiro atoms. The molecular weight excluding hydrogens is 501 g/mol. The number of anilines is 1. The number of piperidine rings is 1.